The third kappa shape index (κ3) is 2.99. The largest absolute Gasteiger partial charge is 0.466 e. The molecule has 13 heavy (non-hydrogen) atoms. The Labute approximate surface area is 84.7 Å². The van der Waals surface area contributed by atoms with Crippen LogP contribution in [0, 0.1) is 0 Å². The second-order valence-electron chi connectivity index (χ2n) is 2.77. The van der Waals surface area contributed by atoms with E-state index in [-0.39, 0.29) is 29.3 Å². The predicted molar refractivity (Wildman–Crippen MR) is 48.5 cm³/mol. The molecule has 1 aliphatic rings. The fraction of sp³-hybridized carbons (Fsp3) is 0.750. The molecule has 1 rings (SSSR count). The van der Waals surface area contributed by atoms with Crippen LogP contribution in [0.5, 0.6) is 0 Å². The summed E-state index contributed by atoms with van der Waals surface area (Å²) in [6, 6.07) is 0. The summed E-state index contributed by atoms with van der Waals surface area (Å²) in [5.74, 6) is -0.615. The Morgan fingerprint density at radius 3 is 2.92 bits per heavy atom. The van der Waals surface area contributed by atoms with Crippen LogP contribution < -0.4 is 0 Å². The molecule has 2 atom stereocenters. The van der Waals surface area contributed by atoms with Gasteiger partial charge in [-0.05, 0) is 6.92 Å². The van der Waals surface area contributed by atoms with E-state index in [1.54, 1.807) is 6.92 Å². The zero-order valence-corrected chi connectivity index (χ0v) is 8.87. The molecule has 0 saturated carbocycles. The van der Waals surface area contributed by atoms with Crippen LogP contribution in [-0.2, 0) is 19.1 Å². The average molecular weight is 251 g/mol. The predicted octanol–water partition coefficient (Wildman–Crippen LogP) is 1.02. The number of ether oxygens (including phenoxy) is 2. The van der Waals surface area contributed by atoms with Crippen LogP contribution in [0.15, 0.2) is 0 Å². The number of cyclic esters (lactones) is 1. The topological polar surface area (TPSA) is 52.6 Å². The Morgan fingerprint density at radius 2 is 2.46 bits per heavy atom. The zero-order valence-electron chi connectivity index (χ0n) is 7.29. The third-order valence-electron chi connectivity index (χ3n) is 1.71. The first-order valence-corrected chi connectivity index (χ1v) is 5.05. The van der Waals surface area contributed by atoms with E-state index in [1.165, 1.54) is 0 Å². The summed E-state index contributed by atoms with van der Waals surface area (Å²) in [5, 5.41) is 0. The van der Waals surface area contributed by atoms with Crippen molar-refractivity contribution in [1.82, 2.24) is 0 Å². The van der Waals surface area contributed by atoms with E-state index in [9.17, 15) is 9.59 Å². The molecule has 2 unspecified atom stereocenters. The minimum atomic E-state index is -0.323. The molecule has 0 bridgehead atoms. The number of hydrogen-bond donors (Lipinski definition) is 0. The first kappa shape index (κ1) is 10.5. The lowest BCUT2D eigenvalue weighted by molar-refractivity contribution is -0.149. The fourth-order valence-electron chi connectivity index (χ4n) is 1.14. The highest BCUT2D eigenvalue weighted by Gasteiger charge is 2.33. The van der Waals surface area contributed by atoms with Crippen LogP contribution in [0.2, 0.25) is 0 Å². The van der Waals surface area contributed by atoms with Gasteiger partial charge in [-0.1, -0.05) is 15.9 Å². The maximum absolute atomic E-state index is 11.0. The Hall–Kier alpha value is -0.580. The van der Waals surface area contributed by atoms with Crippen molar-refractivity contribution in [2.45, 2.75) is 30.7 Å². The highest BCUT2D eigenvalue weighted by molar-refractivity contribution is 9.10. The van der Waals surface area contributed by atoms with Gasteiger partial charge in [-0.2, -0.15) is 0 Å². The summed E-state index contributed by atoms with van der Waals surface area (Å²) in [6.45, 7) is 2.10. The quantitative estimate of drug-likeness (QED) is 0.555. The van der Waals surface area contributed by atoms with Crippen molar-refractivity contribution in [3.05, 3.63) is 0 Å². The second kappa shape index (κ2) is 4.60. The standard InChI is InChI=1S/C8H11BrO4/c1-2-12-7(10)4-5-3-6(9)8(11)13-5/h5-6H,2-4H2,1H3. The highest BCUT2D eigenvalue weighted by Crippen LogP contribution is 2.23. The molecule has 0 amide bonds. The van der Waals surface area contributed by atoms with E-state index in [4.69, 9.17) is 9.47 Å². The van der Waals surface area contributed by atoms with Crippen molar-refractivity contribution in [2.24, 2.45) is 0 Å². The normalized spacial score (nSPS) is 27.1. The number of esters is 2. The maximum Gasteiger partial charge on any atom is 0.320 e. The molecule has 5 heteroatoms. The molecule has 0 aromatic heterocycles. The summed E-state index contributed by atoms with van der Waals surface area (Å²) in [7, 11) is 0. The minimum Gasteiger partial charge on any atom is -0.466 e. The molecule has 0 aromatic carbocycles. The Balaban J connectivity index is 2.31. The monoisotopic (exact) mass is 250 g/mol. The van der Waals surface area contributed by atoms with Gasteiger partial charge in [0.25, 0.3) is 0 Å². The summed E-state index contributed by atoms with van der Waals surface area (Å²) in [6.07, 6.45) is 0.371. The number of carbonyl (C=O) groups is 2. The molecule has 74 valence electrons. The van der Waals surface area contributed by atoms with E-state index < -0.39 is 0 Å². The molecule has 1 fully saturated rings. The van der Waals surface area contributed by atoms with Gasteiger partial charge in [-0.25, -0.2) is 0 Å². The molecule has 0 radical (unpaired) electrons. The lowest BCUT2D eigenvalue weighted by atomic mass is 10.2. The molecule has 0 N–H and O–H groups in total. The van der Waals surface area contributed by atoms with Gasteiger partial charge in [-0.3, -0.25) is 9.59 Å². The number of carbonyl (C=O) groups excluding carboxylic acids is 2. The van der Waals surface area contributed by atoms with Crippen molar-refractivity contribution in [1.29, 1.82) is 0 Å². The summed E-state index contributed by atoms with van der Waals surface area (Å²) in [5.41, 5.74) is 0. The molecule has 4 nitrogen and oxygen atoms in total. The number of hydrogen-bond acceptors (Lipinski definition) is 4. The van der Waals surface area contributed by atoms with E-state index in [0.29, 0.717) is 13.0 Å². The Bertz CT molecular complexity index is 216. The van der Waals surface area contributed by atoms with Crippen molar-refractivity contribution in [3.8, 4) is 0 Å². The lowest BCUT2D eigenvalue weighted by Crippen LogP contribution is -2.15. The first-order chi connectivity index (χ1) is 6.13. The molecule has 1 saturated heterocycles. The highest BCUT2D eigenvalue weighted by atomic mass is 79.9. The van der Waals surface area contributed by atoms with E-state index in [0.717, 1.165) is 0 Å². The zero-order chi connectivity index (χ0) is 9.84. The van der Waals surface area contributed by atoms with E-state index >= 15 is 0 Å². The first-order valence-electron chi connectivity index (χ1n) is 4.13. The summed E-state index contributed by atoms with van der Waals surface area (Å²) in [4.78, 5) is 21.6. The minimum absolute atomic E-state index is 0.154. The van der Waals surface area contributed by atoms with Gasteiger partial charge < -0.3 is 9.47 Å². The van der Waals surface area contributed by atoms with Crippen molar-refractivity contribution < 1.29 is 19.1 Å². The number of alkyl halides is 1. The van der Waals surface area contributed by atoms with Gasteiger partial charge in [0.15, 0.2) is 0 Å². The molecule has 1 aliphatic heterocycles. The van der Waals surface area contributed by atoms with Crippen LogP contribution in [0.3, 0.4) is 0 Å². The summed E-state index contributed by atoms with van der Waals surface area (Å²) >= 11 is 3.15. The van der Waals surface area contributed by atoms with Crippen LogP contribution in [0.1, 0.15) is 19.8 Å². The van der Waals surface area contributed by atoms with Crippen molar-refractivity contribution in [3.63, 3.8) is 0 Å². The van der Waals surface area contributed by atoms with Gasteiger partial charge in [0.1, 0.15) is 10.9 Å². The number of halogens is 1. The van der Waals surface area contributed by atoms with Gasteiger partial charge in [0.2, 0.25) is 0 Å². The fourth-order valence-corrected chi connectivity index (χ4v) is 1.67. The lowest BCUT2D eigenvalue weighted by Gasteiger charge is -2.07. The maximum atomic E-state index is 11.0. The van der Waals surface area contributed by atoms with Crippen LogP contribution in [0.25, 0.3) is 0 Å². The third-order valence-corrected chi connectivity index (χ3v) is 2.46. The van der Waals surface area contributed by atoms with Crippen LogP contribution >= 0.6 is 15.9 Å². The van der Waals surface area contributed by atoms with E-state index in [2.05, 4.69) is 15.9 Å². The van der Waals surface area contributed by atoms with Gasteiger partial charge >= 0.3 is 11.9 Å². The second-order valence-corrected chi connectivity index (χ2v) is 3.88. The number of rotatable bonds is 3. The van der Waals surface area contributed by atoms with E-state index in [1.807, 2.05) is 0 Å². The van der Waals surface area contributed by atoms with Crippen LogP contribution in [0.4, 0.5) is 0 Å². The molecule has 0 aromatic rings. The van der Waals surface area contributed by atoms with Gasteiger partial charge in [0, 0.05) is 6.42 Å². The molecule has 0 aliphatic carbocycles. The van der Waals surface area contributed by atoms with Crippen LogP contribution in [-0.4, -0.2) is 29.5 Å². The molecule has 0 spiro atoms. The average Bonchev–Trinajstić information content (AvgIpc) is 2.31. The molecular formula is C8H11BrO4. The van der Waals surface area contributed by atoms with Gasteiger partial charge in [0.05, 0.1) is 13.0 Å². The Morgan fingerprint density at radius 1 is 1.77 bits per heavy atom. The van der Waals surface area contributed by atoms with Crippen molar-refractivity contribution in [2.75, 3.05) is 6.61 Å². The van der Waals surface area contributed by atoms with Crippen molar-refractivity contribution >= 4 is 27.9 Å². The smallest absolute Gasteiger partial charge is 0.320 e. The molecular weight excluding hydrogens is 240 g/mol. The van der Waals surface area contributed by atoms with Gasteiger partial charge in [-0.15, -0.1) is 0 Å². The molecule has 1 heterocycles. The summed E-state index contributed by atoms with van der Waals surface area (Å²) < 4.78 is 9.63. The SMILES string of the molecule is CCOC(=O)CC1CC(Br)C(=O)O1. The Kier molecular flexibility index (Phi) is 3.71.